The zero-order valence-corrected chi connectivity index (χ0v) is 10.3. The monoisotopic (exact) mass is 280 g/mol. The average molecular weight is 280 g/mol. The van der Waals surface area contributed by atoms with Gasteiger partial charge in [-0.25, -0.2) is 4.79 Å². The van der Waals surface area contributed by atoms with E-state index in [1.54, 1.807) is 6.07 Å². The molecular formula is C11H12N4O5. The van der Waals surface area contributed by atoms with Crippen molar-refractivity contribution in [2.75, 3.05) is 0 Å². The molecule has 20 heavy (non-hydrogen) atoms. The van der Waals surface area contributed by atoms with Gasteiger partial charge in [0.2, 0.25) is 5.88 Å². The first-order chi connectivity index (χ1) is 8.99. The van der Waals surface area contributed by atoms with Gasteiger partial charge in [0.15, 0.2) is 0 Å². The lowest BCUT2D eigenvalue weighted by Gasteiger charge is -2.03. The number of aromatic amines is 2. The van der Waals surface area contributed by atoms with Gasteiger partial charge in [0.25, 0.3) is 11.2 Å². The van der Waals surface area contributed by atoms with Crippen LogP contribution in [0.15, 0.2) is 33.9 Å². The second kappa shape index (κ2) is 5.80. The molecule has 0 amide bonds. The first-order valence-electron chi connectivity index (χ1n) is 5.26. The largest absolute Gasteiger partial charge is 0.494 e. The minimum Gasteiger partial charge on any atom is -0.494 e. The van der Waals surface area contributed by atoms with Crippen LogP contribution in [0.4, 0.5) is 5.69 Å². The summed E-state index contributed by atoms with van der Waals surface area (Å²) in [6.07, 6.45) is -0.158. The minimum atomic E-state index is -0.839. The van der Waals surface area contributed by atoms with Crippen LogP contribution >= 0.6 is 0 Å². The van der Waals surface area contributed by atoms with E-state index < -0.39 is 22.1 Å². The lowest BCUT2D eigenvalue weighted by atomic mass is 10.1. The molecule has 1 aromatic heterocycles. The quantitative estimate of drug-likeness (QED) is 0.470. The van der Waals surface area contributed by atoms with Gasteiger partial charge in [0.1, 0.15) is 0 Å². The standard InChI is InChI=1S/C11H9N3O5.H3N/c15-9-7(10(16)13-11(17)12-9)5-6-3-1-2-4-8(6)14(18)19;/h1-4H,5H2,(H3,12,13,15,16,17);1H3. The summed E-state index contributed by atoms with van der Waals surface area (Å²) < 4.78 is 0. The van der Waals surface area contributed by atoms with Crippen molar-refractivity contribution in [3.63, 3.8) is 0 Å². The molecule has 2 rings (SSSR count). The van der Waals surface area contributed by atoms with Crippen molar-refractivity contribution in [3.05, 3.63) is 66.3 Å². The third kappa shape index (κ3) is 2.90. The maximum Gasteiger partial charge on any atom is 0.328 e. The Balaban J connectivity index is 0.00000200. The minimum absolute atomic E-state index is 0. The lowest BCUT2D eigenvalue weighted by Crippen LogP contribution is -2.25. The van der Waals surface area contributed by atoms with E-state index in [0.29, 0.717) is 0 Å². The van der Waals surface area contributed by atoms with Crippen LogP contribution in [0.1, 0.15) is 11.1 Å². The number of nitrogens with one attached hydrogen (secondary N) is 2. The van der Waals surface area contributed by atoms with Crippen molar-refractivity contribution < 1.29 is 10.0 Å². The van der Waals surface area contributed by atoms with Crippen LogP contribution in [0.3, 0.4) is 0 Å². The Hall–Kier alpha value is -2.94. The van der Waals surface area contributed by atoms with E-state index in [1.807, 2.05) is 9.97 Å². The molecule has 0 bridgehead atoms. The molecule has 9 nitrogen and oxygen atoms in total. The van der Waals surface area contributed by atoms with Gasteiger partial charge < -0.3 is 11.3 Å². The fourth-order valence-corrected chi connectivity index (χ4v) is 1.69. The highest BCUT2D eigenvalue weighted by molar-refractivity contribution is 5.43. The fraction of sp³-hybridized carbons (Fsp3) is 0.0909. The van der Waals surface area contributed by atoms with Crippen molar-refractivity contribution >= 4 is 5.69 Å². The molecule has 0 aliphatic heterocycles. The lowest BCUT2D eigenvalue weighted by molar-refractivity contribution is -0.385. The van der Waals surface area contributed by atoms with Crippen LogP contribution in [0, 0.1) is 10.1 Å². The molecule has 0 fully saturated rings. The Morgan fingerprint density at radius 3 is 2.45 bits per heavy atom. The number of rotatable bonds is 3. The van der Waals surface area contributed by atoms with Crippen LogP contribution in [0.5, 0.6) is 5.88 Å². The topological polar surface area (TPSA) is 164 Å². The molecule has 0 saturated heterocycles. The Morgan fingerprint density at radius 2 is 1.85 bits per heavy atom. The highest BCUT2D eigenvalue weighted by Gasteiger charge is 2.16. The average Bonchev–Trinajstić information content (AvgIpc) is 2.34. The molecule has 106 valence electrons. The van der Waals surface area contributed by atoms with E-state index in [-0.39, 0.29) is 29.4 Å². The Bertz CT molecular complexity index is 749. The molecule has 0 atom stereocenters. The third-order valence-electron chi connectivity index (χ3n) is 2.57. The first-order valence-corrected chi connectivity index (χ1v) is 5.26. The van der Waals surface area contributed by atoms with Gasteiger partial charge >= 0.3 is 5.69 Å². The number of hydrogen-bond acceptors (Lipinski definition) is 6. The van der Waals surface area contributed by atoms with Gasteiger partial charge in [-0.3, -0.25) is 24.9 Å². The van der Waals surface area contributed by atoms with Crippen LogP contribution < -0.4 is 17.4 Å². The maximum absolute atomic E-state index is 11.5. The Morgan fingerprint density at radius 1 is 1.20 bits per heavy atom. The van der Waals surface area contributed by atoms with E-state index >= 15 is 0 Å². The van der Waals surface area contributed by atoms with E-state index in [4.69, 9.17) is 0 Å². The molecule has 0 unspecified atom stereocenters. The van der Waals surface area contributed by atoms with Crippen LogP contribution in [-0.2, 0) is 6.42 Å². The van der Waals surface area contributed by atoms with E-state index in [2.05, 4.69) is 0 Å². The second-order valence-corrected chi connectivity index (χ2v) is 3.80. The number of aromatic nitrogens is 2. The number of benzene rings is 1. The van der Waals surface area contributed by atoms with Gasteiger partial charge in [-0.1, -0.05) is 18.2 Å². The molecule has 0 saturated carbocycles. The number of hydrogen-bond donors (Lipinski definition) is 4. The van der Waals surface area contributed by atoms with E-state index in [1.165, 1.54) is 18.2 Å². The van der Waals surface area contributed by atoms with Gasteiger partial charge in [-0.05, 0) is 0 Å². The first kappa shape index (κ1) is 15.1. The van der Waals surface area contributed by atoms with Crippen LogP contribution in [-0.4, -0.2) is 20.0 Å². The molecule has 2 aromatic rings. The molecule has 1 aromatic carbocycles. The molecule has 0 radical (unpaired) electrons. The summed E-state index contributed by atoms with van der Waals surface area (Å²) in [6.45, 7) is 0. The second-order valence-electron chi connectivity index (χ2n) is 3.80. The Labute approximate surface area is 111 Å². The third-order valence-corrected chi connectivity index (χ3v) is 2.57. The number of H-pyrrole nitrogens is 2. The summed E-state index contributed by atoms with van der Waals surface area (Å²) in [4.78, 5) is 36.7. The molecule has 6 N–H and O–H groups in total. The summed E-state index contributed by atoms with van der Waals surface area (Å²) in [7, 11) is 0. The highest BCUT2D eigenvalue weighted by atomic mass is 16.6. The van der Waals surface area contributed by atoms with Gasteiger partial charge in [-0.15, -0.1) is 0 Å². The summed E-state index contributed by atoms with van der Waals surface area (Å²) in [6, 6.07) is 5.85. The maximum atomic E-state index is 11.5. The zero-order valence-electron chi connectivity index (χ0n) is 10.3. The van der Waals surface area contributed by atoms with Gasteiger partial charge in [0.05, 0.1) is 10.5 Å². The van der Waals surface area contributed by atoms with Crippen LogP contribution in [0.2, 0.25) is 0 Å². The predicted molar refractivity (Wildman–Crippen MR) is 70.3 cm³/mol. The number of nitrogens with zero attached hydrogens (tertiary/aromatic N) is 1. The van der Waals surface area contributed by atoms with Crippen molar-refractivity contribution in [1.29, 1.82) is 0 Å². The van der Waals surface area contributed by atoms with Gasteiger partial charge in [-0.2, -0.15) is 0 Å². The molecule has 9 heteroatoms. The van der Waals surface area contributed by atoms with Crippen molar-refractivity contribution in [2.24, 2.45) is 0 Å². The highest BCUT2D eigenvalue weighted by Crippen LogP contribution is 2.21. The molecule has 1 heterocycles. The molecule has 0 aliphatic carbocycles. The molecule has 0 spiro atoms. The van der Waals surface area contributed by atoms with Crippen molar-refractivity contribution in [2.45, 2.75) is 6.42 Å². The SMILES string of the molecule is N.O=c1[nH]c(O)c(Cc2ccccc2[N+](=O)[O-])c(=O)[nH]1. The fourth-order valence-electron chi connectivity index (χ4n) is 1.69. The van der Waals surface area contributed by atoms with Crippen LogP contribution in [0.25, 0.3) is 0 Å². The van der Waals surface area contributed by atoms with Crippen molar-refractivity contribution in [1.82, 2.24) is 16.1 Å². The summed E-state index contributed by atoms with van der Waals surface area (Å²) >= 11 is 0. The van der Waals surface area contributed by atoms with Crippen molar-refractivity contribution in [3.8, 4) is 5.88 Å². The zero-order chi connectivity index (χ0) is 14.0. The number of nitro benzene ring substituents is 1. The van der Waals surface area contributed by atoms with E-state index in [9.17, 15) is 24.8 Å². The predicted octanol–water partition coefficient (Wildman–Crippen LogP) is 0.430. The summed E-state index contributed by atoms with van der Waals surface area (Å²) in [5, 5.41) is 20.4. The van der Waals surface area contributed by atoms with Gasteiger partial charge in [0, 0.05) is 18.1 Å². The smallest absolute Gasteiger partial charge is 0.328 e. The Kier molecular flexibility index (Phi) is 4.38. The van der Waals surface area contributed by atoms with E-state index in [0.717, 1.165) is 0 Å². The molecular weight excluding hydrogens is 268 g/mol. The molecule has 0 aliphatic rings. The normalized spacial score (nSPS) is 9.80. The number of aromatic hydroxyl groups is 1. The number of nitro groups is 1. The summed E-state index contributed by atoms with van der Waals surface area (Å²) in [5.41, 5.74) is -1.64. The summed E-state index contributed by atoms with van der Waals surface area (Å²) in [5.74, 6) is -0.591. The number of para-hydroxylation sites is 1.